The fourth-order valence-electron chi connectivity index (χ4n) is 1.83. The highest BCUT2D eigenvalue weighted by Crippen LogP contribution is 2.19. The number of halogens is 2. The molecule has 1 nitrogen and oxygen atoms in total. The maximum absolute atomic E-state index is 13.5. The number of aryl methyl sites for hydroxylation is 1. The molecule has 1 unspecified atom stereocenters. The molecule has 0 radical (unpaired) electrons. The Bertz CT molecular complexity index is 537. The SMILES string of the molecule is Cc1ccc(C(N)Cc2ccc(I)cc2)cc1F. The van der Waals surface area contributed by atoms with Crippen LogP contribution in [0.3, 0.4) is 0 Å². The molecule has 2 N–H and O–H groups in total. The maximum Gasteiger partial charge on any atom is 0.126 e. The van der Waals surface area contributed by atoms with Crippen molar-refractivity contribution in [1.82, 2.24) is 0 Å². The number of benzene rings is 2. The van der Waals surface area contributed by atoms with Crippen LogP contribution < -0.4 is 5.73 Å². The summed E-state index contributed by atoms with van der Waals surface area (Å²) in [6, 6.07) is 13.3. The molecule has 0 saturated carbocycles. The van der Waals surface area contributed by atoms with Crippen LogP contribution >= 0.6 is 22.6 Å². The Kier molecular flexibility index (Phi) is 4.35. The van der Waals surface area contributed by atoms with E-state index in [1.807, 2.05) is 6.07 Å². The quantitative estimate of drug-likeness (QED) is 0.829. The molecule has 0 aliphatic rings. The molecule has 1 atom stereocenters. The molecule has 0 amide bonds. The van der Waals surface area contributed by atoms with E-state index in [1.54, 1.807) is 13.0 Å². The summed E-state index contributed by atoms with van der Waals surface area (Å²) in [4.78, 5) is 0. The van der Waals surface area contributed by atoms with Gasteiger partial charge in [0.25, 0.3) is 0 Å². The molecule has 2 aromatic carbocycles. The lowest BCUT2D eigenvalue weighted by Crippen LogP contribution is -2.13. The third-order valence-corrected chi connectivity index (χ3v) is 3.71. The van der Waals surface area contributed by atoms with E-state index < -0.39 is 0 Å². The molecule has 0 fully saturated rings. The summed E-state index contributed by atoms with van der Waals surface area (Å²) < 4.78 is 14.7. The van der Waals surface area contributed by atoms with Gasteiger partial charge >= 0.3 is 0 Å². The highest BCUT2D eigenvalue weighted by atomic mass is 127. The van der Waals surface area contributed by atoms with Gasteiger partial charge in [0.05, 0.1) is 0 Å². The molecular weight excluding hydrogens is 340 g/mol. The number of rotatable bonds is 3. The minimum Gasteiger partial charge on any atom is -0.324 e. The second kappa shape index (κ2) is 5.80. The number of nitrogens with two attached hydrogens (primary N) is 1. The number of hydrogen-bond acceptors (Lipinski definition) is 1. The highest BCUT2D eigenvalue weighted by Gasteiger charge is 2.09. The Morgan fingerprint density at radius 3 is 2.44 bits per heavy atom. The second-order valence-corrected chi connectivity index (χ2v) is 5.69. The fourth-order valence-corrected chi connectivity index (χ4v) is 2.19. The van der Waals surface area contributed by atoms with Gasteiger partial charge in [-0.05, 0) is 70.8 Å². The summed E-state index contributed by atoms with van der Waals surface area (Å²) in [5.74, 6) is -0.189. The lowest BCUT2D eigenvalue weighted by Gasteiger charge is -2.13. The Hall–Kier alpha value is -0.940. The van der Waals surface area contributed by atoms with Crippen LogP contribution in [0.15, 0.2) is 42.5 Å². The van der Waals surface area contributed by atoms with Crippen molar-refractivity contribution < 1.29 is 4.39 Å². The van der Waals surface area contributed by atoms with Crippen LogP contribution in [0.2, 0.25) is 0 Å². The van der Waals surface area contributed by atoms with E-state index in [0.29, 0.717) is 5.56 Å². The average molecular weight is 355 g/mol. The van der Waals surface area contributed by atoms with Gasteiger partial charge in [-0.3, -0.25) is 0 Å². The van der Waals surface area contributed by atoms with Crippen molar-refractivity contribution in [2.45, 2.75) is 19.4 Å². The van der Waals surface area contributed by atoms with Crippen LogP contribution in [0.5, 0.6) is 0 Å². The van der Waals surface area contributed by atoms with Gasteiger partial charge in [0, 0.05) is 9.61 Å². The van der Waals surface area contributed by atoms with Gasteiger partial charge < -0.3 is 5.73 Å². The molecule has 18 heavy (non-hydrogen) atoms. The maximum atomic E-state index is 13.5. The molecule has 94 valence electrons. The molecule has 2 rings (SSSR count). The predicted molar refractivity (Wildman–Crippen MR) is 80.9 cm³/mol. The zero-order valence-corrected chi connectivity index (χ0v) is 12.3. The van der Waals surface area contributed by atoms with Gasteiger partial charge in [0.2, 0.25) is 0 Å². The summed E-state index contributed by atoms with van der Waals surface area (Å²) >= 11 is 2.27. The van der Waals surface area contributed by atoms with Crippen LogP contribution in [-0.4, -0.2) is 0 Å². The fraction of sp³-hybridized carbons (Fsp3) is 0.200. The van der Waals surface area contributed by atoms with Crippen molar-refractivity contribution in [2.75, 3.05) is 0 Å². The lowest BCUT2D eigenvalue weighted by atomic mass is 9.99. The summed E-state index contributed by atoms with van der Waals surface area (Å²) in [7, 11) is 0. The van der Waals surface area contributed by atoms with Gasteiger partial charge in [-0.25, -0.2) is 4.39 Å². The first-order valence-corrected chi connectivity index (χ1v) is 6.90. The first kappa shape index (κ1) is 13.5. The van der Waals surface area contributed by atoms with Crippen LogP contribution in [0.4, 0.5) is 4.39 Å². The van der Waals surface area contributed by atoms with Crippen molar-refractivity contribution >= 4 is 22.6 Å². The first-order valence-electron chi connectivity index (χ1n) is 5.82. The molecule has 0 heterocycles. The first-order chi connectivity index (χ1) is 8.56. The largest absolute Gasteiger partial charge is 0.324 e. The Balaban J connectivity index is 2.13. The Labute approximate surface area is 120 Å². The topological polar surface area (TPSA) is 26.0 Å². The third kappa shape index (κ3) is 3.29. The van der Waals surface area contributed by atoms with E-state index in [9.17, 15) is 4.39 Å². The van der Waals surface area contributed by atoms with Gasteiger partial charge in [0.15, 0.2) is 0 Å². The van der Waals surface area contributed by atoms with Gasteiger partial charge in [0.1, 0.15) is 5.82 Å². The van der Waals surface area contributed by atoms with Crippen molar-refractivity contribution in [3.63, 3.8) is 0 Å². The minimum absolute atomic E-state index is 0.167. The Morgan fingerprint density at radius 2 is 1.83 bits per heavy atom. The van der Waals surface area contributed by atoms with Crippen LogP contribution in [0.25, 0.3) is 0 Å². The van der Waals surface area contributed by atoms with Crippen molar-refractivity contribution in [2.24, 2.45) is 5.73 Å². The smallest absolute Gasteiger partial charge is 0.126 e. The molecule has 0 aromatic heterocycles. The molecule has 3 heteroatoms. The van der Waals surface area contributed by atoms with Crippen molar-refractivity contribution in [3.05, 3.63) is 68.5 Å². The monoisotopic (exact) mass is 355 g/mol. The zero-order chi connectivity index (χ0) is 13.1. The van der Waals surface area contributed by atoms with Crippen LogP contribution in [0, 0.1) is 16.3 Å². The molecular formula is C15H15FIN. The summed E-state index contributed by atoms with van der Waals surface area (Å²) in [6.45, 7) is 1.75. The minimum atomic E-state index is -0.189. The number of hydrogen-bond donors (Lipinski definition) is 1. The standard InChI is InChI=1S/C15H15FIN/c1-10-2-5-12(9-14(10)16)15(18)8-11-3-6-13(17)7-4-11/h2-7,9,15H,8,18H2,1H3. The lowest BCUT2D eigenvalue weighted by molar-refractivity contribution is 0.610. The Morgan fingerprint density at radius 1 is 1.17 bits per heavy atom. The molecule has 0 bridgehead atoms. The molecule has 0 aliphatic carbocycles. The van der Waals surface area contributed by atoms with Crippen molar-refractivity contribution in [1.29, 1.82) is 0 Å². The van der Waals surface area contributed by atoms with Gasteiger partial charge in [-0.2, -0.15) is 0 Å². The molecule has 0 aliphatic heterocycles. The summed E-state index contributed by atoms with van der Waals surface area (Å²) in [5.41, 5.74) is 8.78. The van der Waals surface area contributed by atoms with E-state index in [1.165, 1.54) is 15.2 Å². The van der Waals surface area contributed by atoms with E-state index in [-0.39, 0.29) is 11.9 Å². The van der Waals surface area contributed by atoms with E-state index >= 15 is 0 Å². The van der Waals surface area contributed by atoms with Crippen LogP contribution in [-0.2, 0) is 6.42 Å². The average Bonchev–Trinajstić information content (AvgIpc) is 2.35. The molecule has 2 aromatic rings. The van der Waals surface area contributed by atoms with Crippen LogP contribution in [0.1, 0.15) is 22.7 Å². The zero-order valence-electron chi connectivity index (χ0n) is 10.2. The second-order valence-electron chi connectivity index (χ2n) is 4.45. The van der Waals surface area contributed by atoms with E-state index in [0.717, 1.165) is 12.0 Å². The van der Waals surface area contributed by atoms with E-state index in [2.05, 4.69) is 46.9 Å². The third-order valence-electron chi connectivity index (χ3n) is 2.99. The molecule has 0 saturated heterocycles. The van der Waals surface area contributed by atoms with E-state index in [4.69, 9.17) is 5.73 Å². The van der Waals surface area contributed by atoms with Crippen molar-refractivity contribution in [3.8, 4) is 0 Å². The summed E-state index contributed by atoms with van der Waals surface area (Å²) in [6.07, 6.45) is 0.722. The summed E-state index contributed by atoms with van der Waals surface area (Å²) in [5, 5.41) is 0. The van der Waals surface area contributed by atoms with Gasteiger partial charge in [-0.15, -0.1) is 0 Å². The highest BCUT2D eigenvalue weighted by molar-refractivity contribution is 14.1. The van der Waals surface area contributed by atoms with Gasteiger partial charge in [-0.1, -0.05) is 24.3 Å². The predicted octanol–water partition coefficient (Wildman–Crippen LogP) is 3.98. The normalized spacial score (nSPS) is 12.4. The molecule has 0 spiro atoms.